The van der Waals surface area contributed by atoms with E-state index in [-0.39, 0.29) is 12.2 Å². The average Bonchev–Trinajstić information content (AvgIpc) is 3.16. The van der Waals surface area contributed by atoms with Crippen molar-refractivity contribution in [3.8, 4) is 17.6 Å². The van der Waals surface area contributed by atoms with Crippen LogP contribution in [0, 0.1) is 11.3 Å². The maximum Gasteiger partial charge on any atom is 0.338 e. The second kappa shape index (κ2) is 9.77. The quantitative estimate of drug-likeness (QED) is 0.507. The lowest BCUT2D eigenvalue weighted by Crippen LogP contribution is -2.39. The largest absolute Gasteiger partial charge is 0.493 e. The second-order valence-corrected chi connectivity index (χ2v) is 8.35. The van der Waals surface area contributed by atoms with Crippen LogP contribution in [-0.2, 0) is 9.53 Å². The molecule has 0 saturated heterocycles. The summed E-state index contributed by atoms with van der Waals surface area (Å²) in [5.74, 6) is 0.356. The fourth-order valence-corrected chi connectivity index (χ4v) is 4.84. The van der Waals surface area contributed by atoms with Gasteiger partial charge in [0, 0.05) is 0 Å². The Balaban J connectivity index is 1.87. The molecule has 0 bridgehead atoms. The van der Waals surface area contributed by atoms with E-state index in [1.165, 1.54) is 30.1 Å². The van der Waals surface area contributed by atoms with Crippen molar-refractivity contribution >= 4 is 23.4 Å². The topological polar surface area (TPSA) is 103 Å². The van der Waals surface area contributed by atoms with Crippen molar-refractivity contribution < 1.29 is 19.0 Å². The normalized spacial score (nSPS) is 15.2. The van der Waals surface area contributed by atoms with Crippen molar-refractivity contribution in [2.45, 2.75) is 13.0 Å². The van der Waals surface area contributed by atoms with Crippen molar-refractivity contribution in [1.82, 2.24) is 4.57 Å². The Morgan fingerprint density at radius 1 is 1.21 bits per heavy atom. The van der Waals surface area contributed by atoms with Crippen molar-refractivity contribution in [3.05, 3.63) is 90.6 Å². The zero-order chi connectivity index (χ0) is 24.2. The van der Waals surface area contributed by atoms with Crippen LogP contribution in [0.1, 0.15) is 24.1 Å². The number of aromatic nitrogens is 1. The minimum atomic E-state index is -0.650. The Morgan fingerprint density at radius 3 is 2.65 bits per heavy atom. The molecule has 1 aromatic heterocycles. The van der Waals surface area contributed by atoms with Gasteiger partial charge in [-0.3, -0.25) is 9.36 Å². The summed E-state index contributed by atoms with van der Waals surface area (Å²) in [6.45, 7) is 1.64. The highest BCUT2D eigenvalue weighted by atomic mass is 32.1. The molecular weight excluding hydrogens is 454 g/mol. The third-order valence-electron chi connectivity index (χ3n) is 5.32. The van der Waals surface area contributed by atoms with Gasteiger partial charge in [-0.1, -0.05) is 47.7 Å². The molecule has 0 saturated carbocycles. The van der Waals surface area contributed by atoms with Gasteiger partial charge in [0.15, 0.2) is 22.9 Å². The molecule has 0 N–H and O–H groups in total. The van der Waals surface area contributed by atoms with E-state index in [0.717, 1.165) is 5.56 Å². The molecule has 8 nitrogen and oxygen atoms in total. The predicted molar refractivity (Wildman–Crippen MR) is 126 cm³/mol. The summed E-state index contributed by atoms with van der Waals surface area (Å²) >= 11 is 1.24. The van der Waals surface area contributed by atoms with Gasteiger partial charge in [-0.25, -0.2) is 9.79 Å². The van der Waals surface area contributed by atoms with Crippen LogP contribution in [0.15, 0.2) is 69.6 Å². The van der Waals surface area contributed by atoms with E-state index in [0.29, 0.717) is 37.7 Å². The van der Waals surface area contributed by atoms with Crippen LogP contribution < -0.4 is 24.4 Å². The van der Waals surface area contributed by atoms with Gasteiger partial charge in [0.2, 0.25) is 0 Å². The molecular formula is C25H21N3O5S. The SMILES string of the molecule is COC(=O)C1=C(C)N=c2s/c(=C\c3ccc(OCC#N)c(OC)c3)c(=O)n2C1c1ccccc1. The summed E-state index contributed by atoms with van der Waals surface area (Å²) in [5, 5.41) is 8.74. The number of methoxy groups -OCH3 is 2. The highest BCUT2D eigenvalue weighted by Gasteiger charge is 2.32. The number of benzene rings is 2. The highest BCUT2D eigenvalue weighted by Crippen LogP contribution is 2.31. The summed E-state index contributed by atoms with van der Waals surface area (Å²) < 4.78 is 17.7. The third kappa shape index (κ3) is 4.23. The van der Waals surface area contributed by atoms with Crippen molar-refractivity contribution in [2.24, 2.45) is 4.99 Å². The Labute approximate surface area is 199 Å². The average molecular weight is 476 g/mol. The van der Waals surface area contributed by atoms with Crippen LogP contribution in [0.2, 0.25) is 0 Å². The van der Waals surface area contributed by atoms with Crippen molar-refractivity contribution in [3.63, 3.8) is 0 Å². The number of rotatable bonds is 6. The van der Waals surface area contributed by atoms with Crippen LogP contribution in [0.3, 0.4) is 0 Å². The van der Waals surface area contributed by atoms with Crippen LogP contribution in [-0.4, -0.2) is 31.4 Å². The molecule has 34 heavy (non-hydrogen) atoms. The number of nitrogens with zero attached hydrogens (tertiary/aromatic N) is 3. The number of hydrogen-bond acceptors (Lipinski definition) is 8. The van der Waals surface area contributed by atoms with Gasteiger partial charge in [-0.05, 0) is 36.3 Å². The van der Waals surface area contributed by atoms with Gasteiger partial charge in [0.25, 0.3) is 5.56 Å². The zero-order valence-corrected chi connectivity index (χ0v) is 19.6. The number of ether oxygens (including phenoxy) is 3. The molecule has 172 valence electrons. The Morgan fingerprint density at radius 2 is 1.97 bits per heavy atom. The molecule has 0 radical (unpaired) electrons. The molecule has 4 rings (SSSR count). The molecule has 1 aliphatic rings. The molecule has 1 aliphatic heterocycles. The fraction of sp³-hybridized carbons (Fsp3) is 0.200. The molecule has 2 aromatic carbocycles. The van der Waals surface area contributed by atoms with E-state index >= 15 is 0 Å². The summed E-state index contributed by atoms with van der Waals surface area (Å²) in [6, 6.07) is 15.8. The maximum absolute atomic E-state index is 13.5. The van der Waals surface area contributed by atoms with Crippen LogP contribution >= 0.6 is 11.3 Å². The van der Waals surface area contributed by atoms with Crippen molar-refractivity contribution in [1.29, 1.82) is 5.26 Å². The first-order valence-electron chi connectivity index (χ1n) is 10.3. The zero-order valence-electron chi connectivity index (χ0n) is 18.8. The van der Waals surface area contributed by atoms with Gasteiger partial charge in [0.1, 0.15) is 6.07 Å². The van der Waals surface area contributed by atoms with Gasteiger partial charge >= 0.3 is 5.97 Å². The Bertz CT molecular complexity index is 1500. The standard InChI is InChI=1S/C25H21N3O5S/c1-15-21(24(30)32-3)22(17-7-5-4-6-8-17)28-23(29)20(34-25(28)27-15)14-16-9-10-18(33-12-11-26)19(13-16)31-2/h4-10,13-14,22H,12H2,1-3H3/b20-14-. The number of fused-ring (bicyclic) bond motifs is 1. The maximum atomic E-state index is 13.5. The number of hydrogen-bond donors (Lipinski definition) is 0. The van der Waals surface area contributed by atoms with E-state index in [2.05, 4.69) is 4.99 Å². The van der Waals surface area contributed by atoms with E-state index in [9.17, 15) is 9.59 Å². The van der Waals surface area contributed by atoms with Gasteiger partial charge in [-0.15, -0.1) is 0 Å². The summed E-state index contributed by atoms with van der Waals surface area (Å²) in [7, 11) is 2.82. The van der Waals surface area contributed by atoms with E-state index in [1.54, 1.807) is 31.2 Å². The van der Waals surface area contributed by atoms with Crippen LogP contribution in [0.25, 0.3) is 6.08 Å². The second-order valence-electron chi connectivity index (χ2n) is 7.34. The molecule has 0 amide bonds. The molecule has 2 heterocycles. The van der Waals surface area contributed by atoms with Crippen LogP contribution in [0.5, 0.6) is 11.5 Å². The third-order valence-corrected chi connectivity index (χ3v) is 6.30. The molecule has 0 fully saturated rings. The lowest BCUT2D eigenvalue weighted by molar-refractivity contribution is -0.136. The number of esters is 1. The smallest absolute Gasteiger partial charge is 0.338 e. The molecule has 0 aliphatic carbocycles. The highest BCUT2D eigenvalue weighted by molar-refractivity contribution is 7.07. The summed E-state index contributed by atoms with van der Waals surface area (Å²) in [6.07, 6.45) is 1.74. The molecule has 3 aromatic rings. The minimum absolute atomic E-state index is 0.102. The number of nitriles is 1. The van der Waals surface area contributed by atoms with E-state index in [4.69, 9.17) is 19.5 Å². The monoisotopic (exact) mass is 475 g/mol. The first-order valence-corrected chi connectivity index (χ1v) is 11.1. The van der Waals surface area contributed by atoms with Crippen molar-refractivity contribution in [2.75, 3.05) is 20.8 Å². The number of carbonyl (C=O) groups is 1. The van der Waals surface area contributed by atoms with Gasteiger partial charge in [-0.2, -0.15) is 5.26 Å². The lowest BCUT2D eigenvalue weighted by Gasteiger charge is -2.24. The summed E-state index contributed by atoms with van der Waals surface area (Å²) in [5.41, 5.74) is 2.06. The molecule has 1 unspecified atom stereocenters. The lowest BCUT2D eigenvalue weighted by atomic mass is 9.96. The number of allylic oxidation sites excluding steroid dienone is 1. The van der Waals surface area contributed by atoms with Gasteiger partial charge < -0.3 is 14.2 Å². The number of thiazole rings is 1. The van der Waals surface area contributed by atoms with E-state index < -0.39 is 12.0 Å². The minimum Gasteiger partial charge on any atom is -0.493 e. The molecule has 1 atom stereocenters. The van der Waals surface area contributed by atoms with Gasteiger partial charge in [0.05, 0.1) is 36.1 Å². The Hall–Kier alpha value is -4.16. The predicted octanol–water partition coefficient (Wildman–Crippen LogP) is 2.32. The first-order chi connectivity index (χ1) is 16.5. The number of carbonyl (C=O) groups excluding carboxylic acids is 1. The summed E-state index contributed by atoms with van der Waals surface area (Å²) in [4.78, 5) is 31.2. The molecule has 0 spiro atoms. The Kier molecular flexibility index (Phi) is 6.61. The fourth-order valence-electron chi connectivity index (χ4n) is 3.80. The van der Waals surface area contributed by atoms with E-state index in [1.807, 2.05) is 36.4 Å². The molecule has 9 heteroatoms. The first kappa shape index (κ1) is 23.0. The van der Waals surface area contributed by atoms with Crippen LogP contribution in [0.4, 0.5) is 0 Å².